The van der Waals surface area contributed by atoms with Crippen LogP contribution in [0.25, 0.3) is 0 Å². The zero-order valence-corrected chi connectivity index (χ0v) is 10.3. The van der Waals surface area contributed by atoms with Crippen molar-refractivity contribution in [3.63, 3.8) is 0 Å². The van der Waals surface area contributed by atoms with Crippen molar-refractivity contribution < 1.29 is 14.0 Å². The molecule has 0 spiro atoms. The molecule has 2 rings (SSSR count). The van der Waals surface area contributed by atoms with Gasteiger partial charge in [-0.3, -0.25) is 19.8 Å². The molecule has 1 heterocycles. The van der Waals surface area contributed by atoms with Crippen molar-refractivity contribution in [2.75, 3.05) is 6.54 Å². The first kappa shape index (κ1) is 13.2. The average molecular weight is 261 g/mol. The van der Waals surface area contributed by atoms with Gasteiger partial charge in [0, 0.05) is 12.1 Å². The fourth-order valence-corrected chi connectivity index (χ4v) is 1.95. The number of imide groups is 1. The highest BCUT2D eigenvalue weighted by atomic mass is 19.1. The van der Waals surface area contributed by atoms with E-state index in [9.17, 15) is 14.0 Å². The molecule has 0 saturated carbocycles. The summed E-state index contributed by atoms with van der Waals surface area (Å²) in [5.41, 5.74) is 0.644. The van der Waals surface area contributed by atoms with Gasteiger partial charge in [-0.25, -0.2) is 4.39 Å². The van der Waals surface area contributed by atoms with E-state index in [1.165, 1.54) is 18.2 Å². The van der Waals surface area contributed by atoms with Gasteiger partial charge in [0.15, 0.2) is 0 Å². The van der Waals surface area contributed by atoms with E-state index < -0.39 is 23.7 Å². The Hall–Kier alpha value is -2.26. The first-order chi connectivity index (χ1) is 9.01. The number of carbonyl (C=O) groups is 2. The summed E-state index contributed by atoms with van der Waals surface area (Å²) in [6.45, 7) is 1.79. The lowest BCUT2D eigenvalue weighted by Gasteiger charge is -2.31. The quantitative estimate of drug-likeness (QED) is 0.789. The lowest BCUT2D eigenvalue weighted by atomic mass is 10.1. The van der Waals surface area contributed by atoms with Crippen LogP contribution in [0.15, 0.2) is 18.2 Å². The predicted octanol–water partition coefficient (Wildman–Crippen LogP) is 0.544. The molecule has 0 bridgehead atoms. The number of hydrogen-bond acceptors (Lipinski definition) is 4. The summed E-state index contributed by atoms with van der Waals surface area (Å²) in [6.07, 6.45) is 0. The smallest absolute Gasteiger partial charge is 0.243 e. The molecular weight excluding hydrogens is 249 g/mol. The highest BCUT2D eigenvalue weighted by Crippen LogP contribution is 2.15. The molecule has 1 aliphatic rings. The van der Waals surface area contributed by atoms with Crippen molar-refractivity contribution in [1.29, 1.82) is 5.26 Å². The number of benzene rings is 1. The Labute approximate surface area is 109 Å². The van der Waals surface area contributed by atoms with Gasteiger partial charge in [0.05, 0.1) is 24.2 Å². The van der Waals surface area contributed by atoms with E-state index >= 15 is 0 Å². The van der Waals surface area contributed by atoms with Gasteiger partial charge in [0.1, 0.15) is 5.82 Å². The van der Waals surface area contributed by atoms with E-state index in [4.69, 9.17) is 5.26 Å². The predicted molar refractivity (Wildman–Crippen MR) is 64.1 cm³/mol. The molecule has 1 fully saturated rings. The number of amides is 2. The highest BCUT2D eigenvalue weighted by molar-refractivity contribution is 6.00. The van der Waals surface area contributed by atoms with Gasteiger partial charge < -0.3 is 0 Å². The van der Waals surface area contributed by atoms with Crippen molar-refractivity contribution in [3.8, 4) is 6.07 Å². The minimum atomic E-state index is -0.511. The van der Waals surface area contributed by atoms with Crippen molar-refractivity contribution in [2.24, 2.45) is 0 Å². The van der Waals surface area contributed by atoms with Gasteiger partial charge in [-0.1, -0.05) is 0 Å². The Bertz CT molecular complexity index is 580. The number of nitriles is 1. The van der Waals surface area contributed by atoms with Gasteiger partial charge in [-0.2, -0.15) is 5.26 Å². The topological polar surface area (TPSA) is 73.2 Å². The number of piperazine rings is 1. The molecule has 1 aromatic carbocycles. The largest absolute Gasteiger partial charge is 0.294 e. The lowest BCUT2D eigenvalue weighted by molar-refractivity contribution is -0.139. The van der Waals surface area contributed by atoms with Crippen LogP contribution in [0, 0.1) is 17.1 Å². The second-order valence-electron chi connectivity index (χ2n) is 4.41. The third kappa shape index (κ3) is 2.77. The molecule has 1 aromatic rings. The number of hydrogen-bond donors (Lipinski definition) is 1. The third-order valence-electron chi connectivity index (χ3n) is 3.08. The number of nitrogens with one attached hydrogen (secondary N) is 1. The van der Waals surface area contributed by atoms with Gasteiger partial charge in [0.25, 0.3) is 0 Å². The monoisotopic (exact) mass is 261 g/mol. The van der Waals surface area contributed by atoms with E-state index in [2.05, 4.69) is 5.32 Å². The van der Waals surface area contributed by atoms with E-state index in [0.717, 1.165) is 0 Å². The number of nitrogens with zero attached hydrogens (tertiary/aromatic N) is 2. The van der Waals surface area contributed by atoms with E-state index in [0.29, 0.717) is 11.1 Å². The van der Waals surface area contributed by atoms with Crippen LogP contribution in [-0.2, 0) is 16.1 Å². The minimum absolute atomic E-state index is 0.0309. The molecule has 1 atom stereocenters. The Morgan fingerprint density at radius 3 is 2.95 bits per heavy atom. The summed E-state index contributed by atoms with van der Waals surface area (Å²) in [7, 11) is 0. The summed E-state index contributed by atoms with van der Waals surface area (Å²) in [6, 6.07) is 5.45. The lowest BCUT2D eigenvalue weighted by Crippen LogP contribution is -2.56. The molecule has 0 aromatic heterocycles. The summed E-state index contributed by atoms with van der Waals surface area (Å²) < 4.78 is 13.7. The SMILES string of the molecule is CC1C(=O)NC(=O)CN1Cc1cc(C#N)ccc1F. The molecule has 6 heteroatoms. The summed E-state index contributed by atoms with van der Waals surface area (Å²) in [5.74, 6) is -1.25. The second kappa shape index (κ2) is 5.16. The third-order valence-corrected chi connectivity index (χ3v) is 3.08. The van der Waals surface area contributed by atoms with Crippen molar-refractivity contribution in [1.82, 2.24) is 10.2 Å². The molecule has 1 N–H and O–H groups in total. The van der Waals surface area contributed by atoms with Crippen LogP contribution in [0.3, 0.4) is 0 Å². The fourth-order valence-electron chi connectivity index (χ4n) is 1.95. The maximum Gasteiger partial charge on any atom is 0.243 e. The van der Waals surface area contributed by atoms with Gasteiger partial charge in [-0.15, -0.1) is 0 Å². The standard InChI is InChI=1S/C13H12FN3O2/c1-8-13(19)16-12(18)7-17(8)6-10-4-9(5-15)2-3-11(10)14/h2-4,8H,6-7H2,1H3,(H,16,18,19). The molecule has 1 aliphatic heterocycles. The van der Waals surface area contributed by atoms with Crippen molar-refractivity contribution >= 4 is 11.8 Å². The zero-order chi connectivity index (χ0) is 14.0. The maximum absolute atomic E-state index is 13.7. The summed E-state index contributed by atoms with van der Waals surface area (Å²) >= 11 is 0. The first-order valence-electron chi connectivity index (χ1n) is 5.77. The number of halogens is 1. The Kier molecular flexibility index (Phi) is 3.58. The molecule has 5 nitrogen and oxygen atoms in total. The van der Waals surface area contributed by atoms with Crippen LogP contribution in [0.5, 0.6) is 0 Å². The van der Waals surface area contributed by atoms with E-state index in [1.54, 1.807) is 11.8 Å². The van der Waals surface area contributed by atoms with Crippen LogP contribution < -0.4 is 5.32 Å². The zero-order valence-electron chi connectivity index (χ0n) is 10.3. The van der Waals surface area contributed by atoms with Crippen LogP contribution >= 0.6 is 0 Å². The van der Waals surface area contributed by atoms with Crippen molar-refractivity contribution in [2.45, 2.75) is 19.5 Å². The maximum atomic E-state index is 13.7. The van der Waals surface area contributed by atoms with E-state index in [1.807, 2.05) is 6.07 Å². The first-order valence-corrected chi connectivity index (χ1v) is 5.77. The molecule has 2 amide bonds. The molecule has 1 saturated heterocycles. The molecule has 0 radical (unpaired) electrons. The highest BCUT2D eigenvalue weighted by Gasteiger charge is 2.30. The normalized spacial score (nSPS) is 19.9. The van der Waals surface area contributed by atoms with Gasteiger partial charge in [0.2, 0.25) is 11.8 Å². The van der Waals surface area contributed by atoms with Crippen LogP contribution in [0.1, 0.15) is 18.1 Å². The molecule has 1 unspecified atom stereocenters. The number of rotatable bonds is 2. The Balaban J connectivity index is 2.23. The van der Waals surface area contributed by atoms with E-state index in [-0.39, 0.29) is 13.1 Å². The Morgan fingerprint density at radius 2 is 2.26 bits per heavy atom. The second-order valence-corrected chi connectivity index (χ2v) is 4.41. The minimum Gasteiger partial charge on any atom is -0.294 e. The van der Waals surface area contributed by atoms with Crippen LogP contribution in [-0.4, -0.2) is 29.3 Å². The average Bonchev–Trinajstić information content (AvgIpc) is 2.38. The number of carbonyl (C=O) groups excluding carboxylic acids is 2. The molecular formula is C13H12FN3O2. The van der Waals surface area contributed by atoms with Gasteiger partial charge >= 0.3 is 0 Å². The summed E-state index contributed by atoms with van der Waals surface area (Å²) in [4.78, 5) is 24.4. The molecule has 19 heavy (non-hydrogen) atoms. The molecule has 98 valence electrons. The summed E-state index contributed by atoms with van der Waals surface area (Å²) in [5, 5.41) is 11.0. The Morgan fingerprint density at radius 1 is 1.53 bits per heavy atom. The van der Waals surface area contributed by atoms with Crippen molar-refractivity contribution in [3.05, 3.63) is 35.1 Å². The van der Waals surface area contributed by atoms with Gasteiger partial charge in [-0.05, 0) is 25.1 Å². The fraction of sp³-hybridized carbons (Fsp3) is 0.308. The van der Waals surface area contributed by atoms with Crippen LogP contribution in [0.4, 0.5) is 4.39 Å². The molecule has 0 aliphatic carbocycles. The van der Waals surface area contributed by atoms with Crippen LogP contribution in [0.2, 0.25) is 0 Å².